The van der Waals surface area contributed by atoms with Crippen LogP contribution in [0.15, 0.2) is 0 Å². The maximum absolute atomic E-state index is 3.94. The Bertz CT molecular complexity index is 215. The molecule has 0 amide bonds. The van der Waals surface area contributed by atoms with E-state index >= 15 is 0 Å². The molecule has 0 saturated heterocycles. The summed E-state index contributed by atoms with van der Waals surface area (Å²) in [5.41, 5.74) is 0. The first kappa shape index (κ1) is 11.1. The van der Waals surface area contributed by atoms with Crippen LogP contribution in [-0.2, 0) is 0 Å². The van der Waals surface area contributed by atoms with Crippen molar-refractivity contribution < 1.29 is 0 Å². The van der Waals surface area contributed by atoms with Crippen molar-refractivity contribution in [1.29, 1.82) is 0 Å². The van der Waals surface area contributed by atoms with E-state index in [0.717, 1.165) is 23.9 Å². The molecule has 0 aromatic rings. The molecule has 0 aromatic carbocycles. The standard InChI is InChI=1S/C15H27N/c1-2-6-12(7-3-1)14-8-4-5-9-15(14)16-13-10-11-13/h12-16H,1-11H2/t14-,15+/m0/s1. The highest BCUT2D eigenvalue weighted by atomic mass is 15.0. The average molecular weight is 221 g/mol. The maximum atomic E-state index is 3.94. The van der Waals surface area contributed by atoms with Crippen LogP contribution in [-0.4, -0.2) is 12.1 Å². The molecular weight excluding hydrogens is 194 g/mol. The van der Waals surface area contributed by atoms with Crippen molar-refractivity contribution in [2.24, 2.45) is 11.8 Å². The van der Waals surface area contributed by atoms with Crippen LogP contribution in [0.25, 0.3) is 0 Å². The van der Waals surface area contributed by atoms with Gasteiger partial charge in [0, 0.05) is 12.1 Å². The van der Waals surface area contributed by atoms with Gasteiger partial charge in [0.1, 0.15) is 0 Å². The molecule has 1 heteroatoms. The fraction of sp³-hybridized carbons (Fsp3) is 1.00. The normalized spacial score (nSPS) is 37.5. The highest BCUT2D eigenvalue weighted by molar-refractivity contribution is 4.92. The largest absolute Gasteiger partial charge is 0.311 e. The summed E-state index contributed by atoms with van der Waals surface area (Å²) >= 11 is 0. The van der Waals surface area contributed by atoms with Crippen LogP contribution in [0.2, 0.25) is 0 Å². The van der Waals surface area contributed by atoms with E-state index in [1.807, 2.05) is 0 Å². The average Bonchev–Trinajstić information content (AvgIpc) is 3.15. The first-order valence-electron chi connectivity index (χ1n) is 7.69. The van der Waals surface area contributed by atoms with E-state index in [0.29, 0.717) is 0 Å². The van der Waals surface area contributed by atoms with Gasteiger partial charge in [0.15, 0.2) is 0 Å². The molecule has 0 aliphatic heterocycles. The van der Waals surface area contributed by atoms with Crippen molar-refractivity contribution in [2.75, 3.05) is 0 Å². The van der Waals surface area contributed by atoms with Crippen LogP contribution in [0.5, 0.6) is 0 Å². The van der Waals surface area contributed by atoms with Gasteiger partial charge in [-0.3, -0.25) is 0 Å². The van der Waals surface area contributed by atoms with Gasteiger partial charge in [0.25, 0.3) is 0 Å². The molecule has 0 radical (unpaired) electrons. The smallest absolute Gasteiger partial charge is 0.0101 e. The zero-order valence-corrected chi connectivity index (χ0v) is 10.6. The van der Waals surface area contributed by atoms with E-state index < -0.39 is 0 Å². The monoisotopic (exact) mass is 221 g/mol. The number of hydrogen-bond acceptors (Lipinski definition) is 1. The molecule has 3 aliphatic rings. The molecule has 3 saturated carbocycles. The lowest BCUT2D eigenvalue weighted by Crippen LogP contribution is -2.43. The highest BCUT2D eigenvalue weighted by Crippen LogP contribution is 2.39. The van der Waals surface area contributed by atoms with Gasteiger partial charge in [-0.15, -0.1) is 0 Å². The topological polar surface area (TPSA) is 12.0 Å². The third kappa shape index (κ3) is 2.61. The first-order valence-corrected chi connectivity index (χ1v) is 7.69. The minimum Gasteiger partial charge on any atom is -0.311 e. The highest BCUT2D eigenvalue weighted by Gasteiger charge is 2.35. The molecule has 0 unspecified atom stereocenters. The first-order chi connectivity index (χ1) is 7.93. The molecule has 16 heavy (non-hydrogen) atoms. The summed E-state index contributed by atoms with van der Waals surface area (Å²) in [5.74, 6) is 2.11. The lowest BCUT2D eigenvalue weighted by molar-refractivity contribution is 0.149. The Balaban J connectivity index is 1.59. The fourth-order valence-electron chi connectivity index (χ4n) is 4.05. The molecule has 1 nitrogen and oxygen atoms in total. The second-order valence-electron chi connectivity index (χ2n) is 6.39. The predicted octanol–water partition coefficient (Wildman–Crippen LogP) is 3.88. The van der Waals surface area contributed by atoms with Crippen LogP contribution in [0.1, 0.15) is 70.6 Å². The molecular formula is C15H27N. The molecule has 0 aromatic heterocycles. The van der Waals surface area contributed by atoms with E-state index in [9.17, 15) is 0 Å². The van der Waals surface area contributed by atoms with Crippen molar-refractivity contribution >= 4 is 0 Å². The summed E-state index contributed by atoms with van der Waals surface area (Å²) in [6, 6.07) is 1.80. The van der Waals surface area contributed by atoms with Crippen molar-refractivity contribution in [3.05, 3.63) is 0 Å². The van der Waals surface area contributed by atoms with Crippen LogP contribution in [0.3, 0.4) is 0 Å². The summed E-state index contributed by atoms with van der Waals surface area (Å²) in [5, 5.41) is 3.94. The van der Waals surface area contributed by atoms with Gasteiger partial charge in [-0.2, -0.15) is 0 Å². The quantitative estimate of drug-likeness (QED) is 0.762. The minimum absolute atomic E-state index is 0.893. The van der Waals surface area contributed by atoms with Gasteiger partial charge in [0.05, 0.1) is 0 Å². The van der Waals surface area contributed by atoms with Crippen molar-refractivity contribution in [3.63, 3.8) is 0 Å². The van der Waals surface area contributed by atoms with E-state index in [2.05, 4.69) is 5.32 Å². The van der Waals surface area contributed by atoms with Crippen LogP contribution in [0.4, 0.5) is 0 Å². The Morgan fingerprint density at radius 1 is 0.625 bits per heavy atom. The Hall–Kier alpha value is -0.0400. The van der Waals surface area contributed by atoms with Crippen LogP contribution >= 0.6 is 0 Å². The Morgan fingerprint density at radius 3 is 2.06 bits per heavy atom. The van der Waals surface area contributed by atoms with E-state index in [-0.39, 0.29) is 0 Å². The van der Waals surface area contributed by atoms with Gasteiger partial charge in [0.2, 0.25) is 0 Å². The maximum Gasteiger partial charge on any atom is 0.0101 e. The van der Waals surface area contributed by atoms with Crippen molar-refractivity contribution in [3.8, 4) is 0 Å². The zero-order chi connectivity index (χ0) is 10.8. The molecule has 0 bridgehead atoms. The van der Waals surface area contributed by atoms with E-state index in [1.165, 1.54) is 70.6 Å². The molecule has 3 fully saturated rings. The zero-order valence-electron chi connectivity index (χ0n) is 10.6. The van der Waals surface area contributed by atoms with Gasteiger partial charge < -0.3 is 5.32 Å². The molecule has 1 N–H and O–H groups in total. The van der Waals surface area contributed by atoms with Gasteiger partial charge in [-0.1, -0.05) is 44.9 Å². The molecule has 0 spiro atoms. The number of rotatable bonds is 3. The molecule has 92 valence electrons. The third-order valence-corrected chi connectivity index (χ3v) is 5.10. The number of nitrogens with one attached hydrogen (secondary N) is 1. The molecule has 3 rings (SSSR count). The van der Waals surface area contributed by atoms with Crippen LogP contribution < -0.4 is 5.32 Å². The van der Waals surface area contributed by atoms with Gasteiger partial charge in [-0.05, 0) is 37.5 Å². The third-order valence-electron chi connectivity index (χ3n) is 5.10. The summed E-state index contributed by atoms with van der Waals surface area (Å²) in [6.45, 7) is 0. The molecule has 2 atom stereocenters. The van der Waals surface area contributed by atoms with Crippen LogP contribution in [0, 0.1) is 11.8 Å². The Kier molecular flexibility index (Phi) is 3.51. The van der Waals surface area contributed by atoms with Crippen molar-refractivity contribution in [2.45, 2.75) is 82.7 Å². The minimum atomic E-state index is 0.893. The second-order valence-corrected chi connectivity index (χ2v) is 6.39. The Morgan fingerprint density at radius 2 is 1.31 bits per heavy atom. The lowest BCUT2D eigenvalue weighted by Gasteiger charge is -2.39. The SMILES string of the molecule is C1CCC([C@@H]2CCCC[C@H]2NC2CC2)CC1. The fourth-order valence-corrected chi connectivity index (χ4v) is 4.05. The van der Waals surface area contributed by atoms with Gasteiger partial charge in [-0.25, -0.2) is 0 Å². The number of hydrogen-bond donors (Lipinski definition) is 1. The van der Waals surface area contributed by atoms with Gasteiger partial charge >= 0.3 is 0 Å². The second kappa shape index (κ2) is 5.08. The summed E-state index contributed by atoms with van der Waals surface area (Å²) < 4.78 is 0. The van der Waals surface area contributed by atoms with Crippen molar-refractivity contribution in [1.82, 2.24) is 5.32 Å². The summed E-state index contributed by atoms with van der Waals surface area (Å²) in [7, 11) is 0. The lowest BCUT2D eigenvalue weighted by atomic mass is 9.71. The Labute approximate surface area is 100 Å². The molecule has 3 aliphatic carbocycles. The van der Waals surface area contributed by atoms with E-state index in [4.69, 9.17) is 0 Å². The predicted molar refractivity (Wildman–Crippen MR) is 68.5 cm³/mol. The summed E-state index contributed by atoms with van der Waals surface area (Å²) in [6.07, 6.45) is 16.5. The molecule has 0 heterocycles. The summed E-state index contributed by atoms with van der Waals surface area (Å²) in [4.78, 5) is 0. The van der Waals surface area contributed by atoms with E-state index in [1.54, 1.807) is 0 Å².